The lowest BCUT2D eigenvalue weighted by Crippen LogP contribution is -2.33. The predicted octanol–water partition coefficient (Wildman–Crippen LogP) is 0.378. The lowest BCUT2D eigenvalue weighted by molar-refractivity contribution is -0.107. The van der Waals surface area contributed by atoms with Crippen LogP contribution < -0.4 is 5.32 Å². The summed E-state index contributed by atoms with van der Waals surface area (Å²) >= 11 is 1.53. The average molecular weight is 235 g/mol. The lowest BCUT2D eigenvalue weighted by Gasteiger charge is -2.18. The number of hydrogen-bond donors (Lipinski definition) is 3. The molecule has 0 bridgehead atoms. The SMILES string of the molecule is CCCN[C@@H](O)CC(CO)SCCC=O. The van der Waals surface area contributed by atoms with E-state index >= 15 is 0 Å². The van der Waals surface area contributed by atoms with Crippen LogP contribution in [0.15, 0.2) is 0 Å². The second kappa shape index (κ2) is 10.4. The fraction of sp³-hybridized carbons (Fsp3) is 0.900. The van der Waals surface area contributed by atoms with E-state index in [0.717, 1.165) is 19.3 Å². The van der Waals surface area contributed by atoms with Crippen LogP contribution in [0.3, 0.4) is 0 Å². The van der Waals surface area contributed by atoms with E-state index in [1.54, 1.807) is 0 Å². The molecule has 0 radical (unpaired) electrons. The van der Waals surface area contributed by atoms with Crippen molar-refractivity contribution in [3.63, 3.8) is 0 Å². The smallest absolute Gasteiger partial charge is 0.120 e. The standard InChI is InChI=1S/C10H21NO3S/c1-2-4-11-10(14)7-9(8-13)15-6-3-5-12/h5,9-11,13-14H,2-4,6-8H2,1H3/t9?,10-/m0/s1. The van der Waals surface area contributed by atoms with Gasteiger partial charge in [-0.25, -0.2) is 0 Å². The van der Waals surface area contributed by atoms with Gasteiger partial charge in [-0.2, -0.15) is 11.8 Å². The average Bonchev–Trinajstić information content (AvgIpc) is 2.25. The molecule has 0 fully saturated rings. The molecule has 0 saturated heterocycles. The molecule has 0 heterocycles. The summed E-state index contributed by atoms with van der Waals surface area (Å²) in [5, 5.41) is 21.5. The molecular formula is C10H21NO3S. The highest BCUT2D eigenvalue weighted by molar-refractivity contribution is 7.99. The summed E-state index contributed by atoms with van der Waals surface area (Å²) in [6.07, 6.45) is 2.29. The van der Waals surface area contributed by atoms with Gasteiger partial charge in [-0.1, -0.05) is 6.92 Å². The summed E-state index contributed by atoms with van der Waals surface area (Å²) in [6, 6.07) is 0. The first-order chi connectivity index (χ1) is 7.24. The molecule has 0 aromatic heterocycles. The molecule has 0 aromatic rings. The van der Waals surface area contributed by atoms with E-state index in [0.29, 0.717) is 18.6 Å². The Bertz CT molecular complexity index is 158. The Kier molecular flexibility index (Phi) is 10.3. The Morgan fingerprint density at radius 3 is 2.80 bits per heavy atom. The molecule has 0 rings (SSSR count). The maximum absolute atomic E-state index is 10.1. The van der Waals surface area contributed by atoms with Crippen molar-refractivity contribution in [2.45, 2.75) is 37.7 Å². The molecule has 5 heteroatoms. The van der Waals surface area contributed by atoms with E-state index < -0.39 is 6.23 Å². The van der Waals surface area contributed by atoms with E-state index in [9.17, 15) is 9.90 Å². The van der Waals surface area contributed by atoms with Gasteiger partial charge >= 0.3 is 0 Å². The molecule has 0 amide bonds. The van der Waals surface area contributed by atoms with Crippen LogP contribution in [0, 0.1) is 0 Å². The van der Waals surface area contributed by atoms with Crippen molar-refractivity contribution < 1.29 is 15.0 Å². The van der Waals surface area contributed by atoms with Crippen LogP contribution in [0.2, 0.25) is 0 Å². The Labute approximate surface area is 95.4 Å². The summed E-state index contributed by atoms with van der Waals surface area (Å²) in [5.41, 5.74) is 0. The molecule has 0 aromatic carbocycles. The Hall–Kier alpha value is -0.100. The number of rotatable bonds is 10. The zero-order chi connectivity index (χ0) is 11.5. The number of aldehydes is 1. The zero-order valence-electron chi connectivity index (χ0n) is 9.19. The van der Waals surface area contributed by atoms with Crippen molar-refractivity contribution in [3.05, 3.63) is 0 Å². The minimum absolute atomic E-state index is 0.00399. The molecule has 0 saturated carbocycles. The summed E-state index contributed by atoms with van der Waals surface area (Å²) < 4.78 is 0. The van der Waals surface area contributed by atoms with Crippen LogP contribution in [0.5, 0.6) is 0 Å². The minimum atomic E-state index is -0.564. The first-order valence-corrected chi connectivity index (χ1v) is 6.37. The molecule has 4 nitrogen and oxygen atoms in total. The van der Waals surface area contributed by atoms with E-state index in [4.69, 9.17) is 5.11 Å². The van der Waals surface area contributed by atoms with Gasteiger partial charge in [0.25, 0.3) is 0 Å². The third-order valence-electron chi connectivity index (χ3n) is 1.91. The van der Waals surface area contributed by atoms with Gasteiger partial charge in [0.2, 0.25) is 0 Å². The topological polar surface area (TPSA) is 69.6 Å². The quantitative estimate of drug-likeness (QED) is 0.290. The second-order valence-electron chi connectivity index (χ2n) is 3.34. The summed E-state index contributed by atoms with van der Waals surface area (Å²) in [5.74, 6) is 0.704. The molecule has 2 atom stereocenters. The molecule has 0 aliphatic rings. The molecular weight excluding hydrogens is 214 g/mol. The van der Waals surface area contributed by atoms with Gasteiger partial charge in [-0.05, 0) is 13.0 Å². The van der Waals surface area contributed by atoms with Crippen LogP contribution in [0.25, 0.3) is 0 Å². The van der Waals surface area contributed by atoms with E-state index in [1.165, 1.54) is 11.8 Å². The highest BCUT2D eigenvalue weighted by Crippen LogP contribution is 2.15. The minimum Gasteiger partial charge on any atom is -0.395 e. The van der Waals surface area contributed by atoms with Crippen molar-refractivity contribution in [1.82, 2.24) is 5.32 Å². The summed E-state index contributed by atoms with van der Waals surface area (Å²) in [4.78, 5) is 10.1. The Morgan fingerprint density at radius 1 is 1.53 bits per heavy atom. The largest absolute Gasteiger partial charge is 0.395 e. The summed E-state index contributed by atoms with van der Waals surface area (Å²) in [7, 11) is 0. The van der Waals surface area contributed by atoms with Crippen molar-refractivity contribution in [3.8, 4) is 0 Å². The van der Waals surface area contributed by atoms with Crippen LogP contribution >= 0.6 is 11.8 Å². The van der Waals surface area contributed by atoms with Gasteiger partial charge in [-0.15, -0.1) is 0 Å². The van der Waals surface area contributed by atoms with Gasteiger partial charge in [0.1, 0.15) is 12.5 Å². The Morgan fingerprint density at radius 2 is 2.27 bits per heavy atom. The molecule has 90 valence electrons. The van der Waals surface area contributed by atoms with Crippen LogP contribution in [-0.2, 0) is 4.79 Å². The zero-order valence-corrected chi connectivity index (χ0v) is 10.0. The van der Waals surface area contributed by atoms with Crippen LogP contribution in [-0.4, -0.2) is 46.9 Å². The van der Waals surface area contributed by atoms with Crippen LogP contribution in [0.4, 0.5) is 0 Å². The van der Waals surface area contributed by atoms with Crippen molar-refractivity contribution in [2.24, 2.45) is 0 Å². The lowest BCUT2D eigenvalue weighted by atomic mass is 10.3. The maximum atomic E-state index is 10.1. The Balaban J connectivity index is 3.61. The maximum Gasteiger partial charge on any atom is 0.120 e. The van der Waals surface area contributed by atoms with Gasteiger partial charge in [0, 0.05) is 23.8 Å². The molecule has 0 aliphatic heterocycles. The third-order valence-corrected chi connectivity index (χ3v) is 3.19. The molecule has 1 unspecified atom stereocenters. The van der Waals surface area contributed by atoms with E-state index in [-0.39, 0.29) is 11.9 Å². The fourth-order valence-electron chi connectivity index (χ4n) is 1.12. The highest BCUT2D eigenvalue weighted by Gasteiger charge is 2.13. The number of aliphatic hydroxyl groups is 2. The fourth-order valence-corrected chi connectivity index (χ4v) is 2.11. The molecule has 3 N–H and O–H groups in total. The molecule has 0 spiro atoms. The van der Waals surface area contributed by atoms with Crippen LogP contribution in [0.1, 0.15) is 26.2 Å². The normalized spacial score (nSPS) is 14.9. The molecule has 15 heavy (non-hydrogen) atoms. The van der Waals surface area contributed by atoms with Crippen molar-refractivity contribution in [1.29, 1.82) is 0 Å². The van der Waals surface area contributed by atoms with E-state index in [2.05, 4.69) is 5.32 Å². The first-order valence-electron chi connectivity index (χ1n) is 5.32. The van der Waals surface area contributed by atoms with Gasteiger partial charge in [0.05, 0.1) is 6.61 Å². The molecule has 0 aliphatic carbocycles. The first kappa shape index (κ1) is 14.9. The highest BCUT2D eigenvalue weighted by atomic mass is 32.2. The van der Waals surface area contributed by atoms with Gasteiger partial charge in [0.15, 0.2) is 0 Å². The van der Waals surface area contributed by atoms with E-state index in [1.807, 2.05) is 6.92 Å². The van der Waals surface area contributed by atoms with Gasteiger partial charge in [-0.3, -0.25) is 5.32 Å². The number of nitrogens with one attached hydrogen (secondary N) is 1. The van der Waals surface area contributed by atoms with Crippen molar-refractivity contribution >= 4 is 18.0 Å². The summed E-state index contributed by atoms with van der Waals surface area (Å²) in [6.45, 7) is 2.84. The van der Waals surface area contributed by atoms with Gasteiger partial charge < -0.3 is 15.0 Å². The van der Waals surface area contributed by atoms with Crippen molar-refractivity contribution in [2.75, 3.05) is 18.9 Å². The predicted molar refractivity (Wildman–Crippen MR) is 62.9 cm³/mol. The number of thioether (sulfide) groups is 1. The second-order valence-corrected chi connectivity index (χ2v) is 4.74. The number of carbonyl (C=O) groups is 1. The third kappa shape index (κ3) is 8.87. The number of hydrogen-bond acceptors (Lipinski definition) is 5. The monoisotopic (exact) mass is 235 g/mol. The number of aliphatic hydroxyl groups excluding tert-OH is 2. The number of carbonyl (C=O) groups excluding carboxylic acids is 1.